The Morgan fingerprint density at radius 1 is 1.42 bits per heavy atom. The fourth-order valence-electron chi connectivity index (χ4n) is 1.27. The highest BCUT2D eigenvalue weighted by molar-refractivity contribution is 5.94. The molecule has 0 aliphatic rings. The molecule has 0 spiro atoms. The maximum absolute atomic E-state index is 11.8. The number of carbonyl (C=O) groups is 1. The molecule has 0 unspecified atom stereocenters. The quantitative estimate of drug-likeness (QED) is 0.787. The molecule has 0 aliphatic heterocycles. The fourth-order valence-corrected chi connectivity index (χ4v) is 1.27. The number of nitrogens with two attached hydrogens (primary N) is 1. The minimum atomic E-state index is -0.414. The van der Waals surface area contributed by atoms with Gasteiger partial charge in [0.1, 0.15) is 12.4 Å². The van der Waals surface area contributed by atoms with Gasteiger partial charge in [0, 0.05) is 17.6 Å². The molecular weight excluding hydrogens is 264 g/mol. The Balaban J connectivity index is 0.00000324. The van der Waals surface area contributed by atoms with Gasteiger partial charge in [0.05, 0.1) is 0 Å². The van der Waals surface area contributed by atoms with Gasteiger partial charge in [0.25, 0.3) is 5.91 Å². The van der Waals surface area contributed by atoms with Gasteiger partial charge in [-0.1, -0.05) is 12.7 Å². The van der Waals surface area contributed by atoms with Crippen molar-refractivity contribution in [2.24, 2.45) is 5.73 Å². The van der Waals surface area contributed by atoms with Crippen molar-refractivity contribution in [1.29, 1.82) is 0 Å². The van der Waals surface area contributed by atoms with Crippen LogP contribution in [0.25, 0.3) is 0 Å². The van der Waals surface area contributed by atoms with E-state index in [0.29, 0.717) is 24.5 Å². The maximum atomic E-state index is 11.8. The molecule has 0 saturated carbocycles. The van der Waals surface area contributed by atoms with Gasteiger partial charge in [-0.2, -0.15) is 0 Å². The number of benzene rings is 1. The van der Waals surface area contributed by atoms with E-state index in [1.165, 1.54) is 0 Å². The summed E-state index contributed by atoms with van der Waals surface area (Å²) in [5.41, 5.74) is 5.97. The highest BCUT2D eigenvalue weighted by Crippen LogP contribution is 2.12. The van der Waals surface area contributed by atoms with E-state index >= 15 is 0 Å². The van der Waals surface area contributed by atoms with Crippen LogP contribution in [-0.4, -0.2) is 24.6 Å². The Labute approximate surface area is 120 Å². The molecule has 0 atom stereocenters. The van der Waals surface area contributed by atoms with Crippen molar-refractivity contribution < 1.29 is 9.53 Å². The molecule has 0 radical (unpaired) electrons. The van der Waals surface area contributed by atoms with Crippen LogP contribution >= 0.6 is 12.4 Å². The third-order valence-electron chi connectivity index (χ3n) is 2.19. The standard InChI is InChI=1S/C14H20N2O2.ClH/c1-4-9-18-12-7-5-11(6-8-12)13(17)16-10-14(2,3)15;/h4-8H,1,9-10,15H2,2-3H3,(H,16,17);1H. The zero-order valence-corrected chi connectivity index (χ0v) is 12.1. The number of hydrogen-bond donors (Lipinski definition) is 2. The van der Waals surface area contributed by atoms with Crippen LogP contribution in [0.1, 0.15) is 24.2 Å². The van der Waals surface area contributed by atoms with Gasteiger partial charge in [-0.3, -0.25) is 4.79 Å². The molecule has 0 heterocycles. The second-order valence-electron chi connectivity index (χ2n) is 4.80. The monoisotopic (exact) mass is 284 g/mol. The van der Waals surface area contributed by atoms with Gasteiger partial charge in [0.2, 0.25) is 0 Å². The summed E-state index contributed by atoms with van der Waals surface area (Å²) in [6, 6.07) is 6.95. The van der Waals surface area contributed by atoms with Crippen molar-refractivity contribution in [2.75, 3.05) is 13.2 Å². The first-order chi connectivity index (χ1) is 8.42. The Morgan fingerprint density at radius 2 is 2.00 bits per heavy atom. The van der Waals surface area contributed by atoms with Crippen LogP contribution in [0.3, 0.4) is 0 Å². The molecule has 0 aliphatic carbocycles. The fraction of sp³-hybridized carbons (Fsp3) is 0.357. The van der Waals surface area contributed by atoms with Gasteiger partial charge in [-0.25, -0.2) is 0 Å². The first kappa shape index (κ1) is 17.5. The van der Waals surface area contributed by atoms with Crippen molar-refractivity contribution in [3.05, 3.63) is 42.5 Å². The summed E-state index contributed by atoms with van der Waals surface area (Å²) in [7, 11) is 0. The minimum absolute atomic E-state index is 0. The summed E-state index contributed by atoms with van der Waals surface area (Å²) in [5, 5.41) is 2.78. The largest absolute Gasteiger partial charge is 0.490 e. The third kappa shape index (κ3) is 6.84. The lowest BCUT2D eigenvalue weighted by Gasteiger charge is -2.18. The predicted molar refractivity (Wildman–Crippen MR) is 80.0 cm³/mol. The third-order valence-corrected chi connectivity index (χ3v) is 2.19. The average Bonchev–Trinajstić information content (AvgIpc) is 2.33. The van der Waals surface area contributed by atoms with E-state index < -0.39 is 5.54 Å². The average molecular weight is 285 g/mol. The molecule has 19 heavy (non-hydrogen) atoms. The highest BCUT2D eigenvalue weighted by atomic mass is 35.5. The zero-order valence-electron chi connectivity index (χ0n) is 11.3. The molecule has 1 amide bonds. The van der Waals surface area contributed by atoms with E-state index in [1.54, 1.807) is 30.3 Å². The molecule has 0 aromatic heterocycles. The molecular formula is C14H21ClN2O2. The molecule has 1 aromatic rings. The van der Waals surface area contributed by atoms with Gasteiger partial charge in [0.15, 0.2) is 0 Å². The summed E-state index contributed by atoms with van der Waals surface area (Å²) in [6.45, 7) is 8.17. The summed E-state index contributed by atoms with van der Waals surface area (Å²) in [6.07, 6.45) is 1.67. The Morgan fingerprint density at radius 3 is 2.47 bits per heavy atom. The smallest absolute Gasteiger partial charge is 0.251 e. The van der Waals surface area contributed by atoms with E-state index in [0.717, 1.165) is 0 Å². The van der Waals surface area contributed by atoms with Crippen molar-refractivity contribution in [3.63, 3.8) is 0 Å². The summed E-state index contributed by atoms with van der Waals surface area (Å²) in [5.74, 6) is 0.578. The highest BCUT2D eigenvalue weighted by Gasteiger charge is 2.13. The Kier molecular flexibility index (Phi) is 7.19. The minimum Gasteiger partial charge on any atom is -0.490 e. The van der Waals surface area contributed by atoms with Crippen LogP contribution < -0.4 is 15.8 Å². The van der Waals surface area contributed by atoms with E-state index in [9.17, 15) is 4.79 Å². The van der Waals surface area contributed by atoms with Gasteiger partial charge in [-0.15, -0.1) is 12.4 Å². The van der Waals surface area contributed by atoms with Crippen LogP contribution in [0, 0.1) is 0 Å². The number of rotatable bonds is 6. The number of amides is 1. The predicted octanol–water partition coefficient (Wildman–Crippen LogP) is 2.14. The van der Waals surface area contributed by atoms with E-state index in [1.807, 2.05) is 13.8 Å². The van der Waals surface area contributed by atoms with Crippen LogP contribution in [0.15, 0.2) is 36.9 Å². The van der Waals surface area contributed by atoms with E-state index in [4.69, 9.17) is 10.5 Å². The molecule has 3 N–H and O–H groups in total. The van der Waals surface area contributed by atoms with Crippen molar-refractivity contribution in [3.8, 4) is 5.75 Å². The van der Waals surface area contributed by atoms with Crippen LogP contribution in [-0.2, 0) is 0 Å². The summed E-state index contributed by atoms with van der Waals surface area (Å²) >= 11 is 0. The number of nitrogens with one attached hydrogen (secondary N) is 1. The molecule has 4 nitrogen and oxygen atoms in total. The Bertz CT molecular complexity index is 410. The van der Waals surface area contributed by atoms with Gasteiger partial charge >= 0.3 is 0 Å². The van der Waals surface area contributed by atoms with E-state index in [-0.39, 0.29) is 18.3 Å². The Hall–Kier alpha value is -1.52. The topological polar surface area (TPSA) is 64.3 Å². The SMILES string of the molecule is C=CCOc1ccc(C(=O)NCC(C)(C)N)cc1.Cl. The number of halogens is 1. The molecule has 0 saturated heterocycles. The zero-order chi connectivity index (χ0) is 13.6. The normalized spacial score (nSPS) is 10.3. The molecule has 1 aromatic carbocycles. The van der Waals surface area contributed by atoms with Crippen molar-refractivity contribution in [2.45, 2.75) is 19.4 Å². The number of hydrogen-bond acceptors (Lipinski definition) is 3. The summed E-state index contributed by atoms with van der Waals surface area (Å²) in [4.78, 5) is 11.8. The number of ether oxygens (including phenoxy) is 1. The lowest BCUT2D eigenvalue weighted by molar-refractivity contribution is 0.0946. The van der Waals surface area contributed by atoms with Gasteiger partial charge < -0.3 is 15.8 Å². The lowest BCUT2D eigenvalue weighted by Crippen LogP contribution is -2.45. The molecule has 1 rings (SSSR count). The molecule has 106 valence electrons. The van der Waals surface area contributed by atoms with E-state index in [2.05, 4.69) is 11.9 Å². The number of carbonyl (C=O) groups excluding carboxylic acids is 1. The second-order valence-corrected chi connectivity index (χ2v) is 4.80. The molecule has 5 heteroatoms. The lowest BCUT2D eigenvalue weighted by atomic mass is 10.1. The maximum Gasteiger partial charge on any atom is 0.251 e. The second kappa shape index (κ2) is 7.81. The molecule has 0 bridgehead atoms. The van der Waals surface area contributed by atoms with Crippen LogP contribution in [0.5, 0.6) is 5.75 Å². The van der Waals surface area contributed by atoms with Crippen LogP contribution in [0.2, 0.25) is 0 Å². The van der Waals surface area contributed by atoms with Crippen molar-refractivity contribution >= 4 is 18.3 Å². The van der Waals surface area contributed by atoms with Gasteiger partial charge in [-0.05, 0) is 38.1 Å². The molecule has 0 fully saturated rings. The van der Waals surface area contributed by atoms with Crippen LogP contribution in [0.4, 0.5) is 0 Å². The first-order valence-electron chi connectivity index (χ1n) is 5.83. The first-order valence-corrected chi connectivity index (χ1v) is 5.83. The summed E-state index contributed by atoms with van der Waals surface area (Å²) < 4.78 is 5.33. The van der Waals surface area contributed by atoms with Crippen molar-refractivity contribution in [1.82, 2.24) is 5.32 Å².